The van der Waals surface area contributed by atoms with E-state index in [9.17, 15) is 18.0 Å². The molecule has 248 valence electrons. The summed E-state index contributed by atoms with van der Waals surface area (Å²) < 4.78 is 25.5. The minimum Gasteiger partial charge on any atom is -0.370 e. The van der Waals surface area contributed by atoms with Crippen LogP contribution < -0.4 is 32.3 Å². The Morgan fingerprint density at radius 3 is 2.45 bits per heavy atom. The van der Waals surface area contributed by atoms with Crippen molar-refractivity contribution in [2.75, 3.05) is 68.8 Å². The van der Waals surface area contributed by atoms with Gasteiger partial charge in [0.1, 0.15) is 5.65 Å². The van der Waals surface area contributed by atoms with Gasteiger partial charge in [0, 0.05) is 86.4 Å². The number of aromatic nitrogens is 3. The molecular formula is C32H40N10O4S. The minimum absolute atomic E-state index is 0.0316. The largest absolute Gasteiger partial charge is 0.370 e. The Bertz CT molecular complexity index is 1920. The molecule has 4 heterocycles. The average Bonchev–Trinajstić information content (AvgIpc) is 3.49. The zero-order chi connectivity index (χ0) is 33.0. The van der Waals surface area contributed by atoms with Gasteiger partial charge in [-0.05, 0) is 54.9 Å². The number of benzene rings is 2. The number of carbonyl (C=O) groups excluding carboxylic acids is 1. The number of sulfone groups is 1. The van der Waals surface area contributed by atoms with Crippen molar-refractivity contribution in [2.45, 2.75) is 13.0 Å². The van der Waals surface area contributed by atoms with Gasteiger partial charge in [-0.2, -0.15) is 4.98 Å². The van der Waals surface area contributed by atoms with E-state index in [1.807, 2.05) is 48.5 Å². The van der Waals surface area contributed by atoms with E-state index in [0.717, 1.165) is 67.0 Å². The predicted molar refractivity (Wildman–Crippen MR) is 183 cm³/mol. The molecule has 15 heteroatoms. The maximum Gasteiger partial charge on any atom is 0.354 e. The van der Waals surface area contributed by atoms with Crippen LogP contribution in [0.2, 0.25) is 0 Å². The van der Waals surface area contributed by atoms with Gasteiger partial charge >= 0.3 is 5.69 Å². The lowest BCUT2D eigenvalue weighted by atomic mass is 10.0. The van der Waals surface area contributed by atoms with Gasteiger partial charge in [0.15, 0.2) is 15.8 Å². The molecule has 2 saturated heterocycles. The lowest BCUT2D eigenvalue weighted by molar-refractivity contribution is 0.0770. The molecule has 0 atom stereocenters. The van der Waals surface area contributed by atoms with E-state index in [1.165, 1.54) is 4.57 Å². The van der Waals surface area contributed by atoms with Gasteiger partial charge in [0.05, 0.1) is 17.2 Å². The number of nitrogens with zero attached hydrogens (tertiary/aromatic N) is 4. The van der Waals surface area contributed by atoms with E-state index in [4.69, 9.17) is 11.1 Å². The Balaban J connectivity index is 1.24. The van der Waals surface area contributed by atoms with Crippen molar-refractivity contribution in [1.82, 2.24) is 35.4 Å². The number of hydrogen-bond donors (Lipinski definition) is 6. The maximum atomic E-state index is 13.6. The van der Waals surface area contributed by atoms with Gasteiger partial charge in [0.25, 0.3) is 5.91 Å². The molecule has 6 rings (SSSR count). The molecule has 2 aliphatic rings. The topological polar surface area (TPSA) is 194 Å². The Labute approximate surface area is 272 Å². The standard InChI is InChI=1S/C32H40N10O4S/c33-31(34)37-7-1-6-36-20-22-2-4-26(5-3-22)42-21-25-19-28(38-29(25)39-32(42)44)23-16-24(18-27(17-23)40-10-8-35-9-11-40)30(43)41-12-14-47(45,46)15-13-41/h2-5,16-19,21,35-36H,1,6-15,20H2,(H4,33,34,37)(H,38,39,44). The van der Waals surface area contributed by atoms with Gasteiger partial charge in [-0.1, -0.05) is 12.1 Å². The summed E-state index contributed by atoms with van der Waals surface area (Å²) in [4.78, 5) is 38.1. The second-order valence-corrected chi connectivity index (χ2v) is 14.2. The second-order valence-electron chi connectivity index (χ2n) is 11.9. The molecule has 2 aromatic heterocycles. The minimum atomic E-state index is -3.12. The summed E-state index contributed by atoms with van der Waals surface area (Å²) in [6, 6.07) is 15.4. The van der Waals surface area contributed by atoms with E-state index in [2.05, 4.69) is 30.8 Å². The summed E-state index contributed by atoms with van der Waals surface area (Å²) in [6.45, 7) is 5.67. The molecule has 1 amide bonds. The van der Waals surface area contributed by atoms with Crippen LogP contribution in [0.1, 0.15) is 22.3 Å². The first-order chi connectivity index (χ1) is 22.6. The quantitative estimate of drug-likeness (QED) is 0.0798. The molecular weight excluding hydrogens is 620 g/mol. The lowest BCUT2D eigenvalue weighted by Crippen LogP contribution is -2.44. The van der Waals surface area contributed by atoms with Gasteiger partial charge < -0.3 is 36.5 Å². The highest BCUT2D eigenvalue weighted by Crippen LogP contribution is 2.30. The summed E-state index contributed by atoms with van der Waals surface area (Å²) in [5.41, 5.74) is 9.98. The number of H-pyrrole nitrogens is 1. The Morgan fingerprint density at radius 1 is 0.979 bits per heavy atom. The van der Waals surface area contributed by atoms with Crippen molar-refractivity contribution < 1.29 is 13.2 Å². The third kappa shape index (κ3) is 7.81. The fourth-order valence-electron chi connectivity index (χ4n) is 5.87. The van der Waals surface area contributed by atoms with Crippen LogP contribution in [0.4, 0.5) is 5.69 Å². The number of aromatic amines is 1. The van der Waals surface area contributed by atoms with Gasteiger partial charge in [0.2, 0.25) is 0 Å². The number of piperazine rings is 1. The monoisotopic (exact) mass is 660 g/mol. The zero-order valence-electron chi connectivity index (χ0n) is 26.1. The number of amides is 1. The van der Waals surface area contributed by atoms with Crippen LogP contribution in [-0.4, -0.2) is 104 Å². The Morgan fingerprint density at radius 2 is 1.72 bits per heavy atom. The number of hydrogen-bond acceptors (Lipinski definition) is 9. The molecule has 2 aliphatic heterocycles. The normalized spacial score (nSPS) is 16.3. The molecule has 0 aliphatic carbocycles. The van der Waals surface area contributed by atoms with E-state index < -0.39 is 15.5 Å². The summed E-state index contributed by atoms with van der Waals surface area (Å²) in [6.07, 6.45) is 2.60. The van der Waals surface area contributed by atoms with Crippen LogP contribution in [0.5, 0.6) is 0 Å². The van der Waals surface area contributed by atoms with Crippen molar-refractivity contribution in [3.8, 4) is 16.9 Å². The van der Waals surface area contributed by atoms with Crippen molar-refractivity contribution in [1.29, 1.82) is 5.41 Å². The smallest absolute Gasteiger partial charge is 0.354 e. The number of carbonyl (C=O) groups is 1. The SMILES string of the molecule is N=C(N)NCCCNCc1ccc(-n2cc3cc(-c4cc(C(=O)N5CCS(=O)(=O)CC5)cc(N5CCNCC5)c4)[nH]c3nc2=O)cc1. The summed E-state index contributed by atoms with van der Waals surface area (Å²) in [7, 11) is -3.12. The Hall–Kier alpha value is -4.73. The number of fused-ring (bicyclic) bond motifs is 1. The van der Waals surface area contributed by atoms with E-state index in [1.54, 1.807) is 11.1 Å². The highest BCUT2D eigenvalue weighted by atomic mass is 32.2. The fourth-order valence-corrected chi connectivity index (χ4v) is 7.07. The molecule has 4 aromatic rings. The first-order valence-electron chi connectivity index (χ1n) is 15.8. The molecule has 0 spiro atoms. The van der Waals surface area contributed by atoms with Gasteiger partial charge in [-0.3, -0.25) is 14.8 Å². The molecule has 47 heavy (non-hydrogen) atoms. The number of nitrogens with two attached hydrogens (primary N) is 1. The number of anilines is 1. The molecule has 2 fully saturated rings. The third-order valence-electron chi connectivity index (χ3n) is 8.49. The van der Waals surface area contributed by atoms with Crippen LogP contribution in [0, 0.1) is 5.41 Å². The van der Waals surface area contributed by atoms with Crippen molar-refractivity contribution in [2.24, 2.45) is 5.73 Å². The molecule has 0 radical (unpaired) electrons. The summed E-state index contributed by atoms with van der Waals surface area (Å²) in [5.74, 6) is -0.295. The third-order valence-corrected chi connectivity index (χ3v) is 10.1. The fraction of sp³-hybridized carbons (Fsp3) is 0.375. The molecule has 14 nitrogen and oxygen atoms in total. The molecule has 0 bridgehead atoms. The molecule has 7 N–H and O–H groups in total. The maximum absolute atomic E-state index is 13.6. The highest BCUT2D eigenvalue weighted by molar-refractivity contribution is 7.91. The van der Waals surface area contributed by atoms with Crippen LogP contribution in [-0.2, 0) is 16.4 Å². The zero-order valence-corrected chi connectivity index (χ0v) is 26.9. The first kappa shape index (κ1) is 32.2. The number of rotatable bonds is 10. The second kappa shape index (κ2) is 13.9. The van der Waals surface area contributed by atoms with Gasteiger partial charge in [-0.15, -0.1) is 0 Å². The van der Waals surface area contributed by atoms with Gasteiger partial charge in [-0.25, -0.2) is 13.2 Å². The van der Waals surface area contributed by atoms with E-state index in [0.29, 0.717) is 30.0 Å². The van der Waals surface area contributed by atoms with Crippen molar-refractivity contribution >= 4 is 38.4 Å². The Kier molecular flexibility index (Phi) is 9.56. The molecule has 0 saturated carbocycles. The first-order valence-corrected chi connectivity index (χ1v) is 17.6. The van der Waals surface area contributed by atoms with Crippen molar-refractivity contribution in [3.05, 3.63) is 76.3 Å². The van der Waals surface area contributed by atoms with Crippen LogP contribution in [0.15, 0.2) is 59.5 Å². The predicted octanol–water partition coefficient (Wildman–Crippen LogP) is 0.624. The molecule has 2 aromatic carbocycles. The highest BCUT2D eigenvalue weighted by Gasteiger charge is 2.27. The van der Waals surface area contributed by atoms with Crippen LogP contribution >= 0.6 is 0 Å². The van der Waals surface area contributed by atoms with Crippen LogP contribution in [0.25, 0.3) is 28.0 Å². The van der Waals surface area contributed by atoms with Crippen LogP contribution in [0.3, 0.4) is 0 Å². The summed E-state index contributed by atoms with van der Waals surface area (Å²) >= 11 is 0. The number of nitrogens with one attached hydrogen (secondary N) is 5. The lowest BCUT2D eigenvalue weighted by Gasteiger charge is -2.31. The van der Waals surface area contributed by atoms with Crippen molar-refractivity contribution in [3.63, 3.8) is 0 Å². The van der Waals surface area contributed by atoms with E-state index >= 15 is 0 Å². The van der Waals surface area contributed by atoms with E-state index in [-0.39, 0.29) is 36.5 Å². The average molecular weight is 661 g/mol. The summed E-state index contributed by atoms with van der Waals surface area (Å²) in [5, 5.41) is 17.4. The molecule has 0 unspecified atom stereocenters. The number of guanidine groups is 1.